The van der Waals surface area contributed by atoms with E-state index in [1.165, 1.54) is 17.1 Å². The molecule has 3 heteroatoms. The summed E-state index contributed by atoms with van der Waals surface area (Å²) in [5.74, 6) is 0.709. The Bertz CT molecular complexity index is 253. The van der Waals surface area contributed by atoms with Gasteiger partial charge < -0.3 is 5.32 Å². The van der Waals surface area contributed by atoms with Gasteiger partial charge in [-0.25, -0.2) is 4.98 Å². The third-order valence-electron chi connectivity index (χ3n) is 2.21. The van der Waals surface area contributed by atoms with E-state index >= 15 is 0 Å². The summed E-state index contributed by atoms with van der Waals surface area (Å²) in [6.45, 7) is 4.45. The van der Waals surface area contributed by atoms with Crippen molar-refractivity contribution in [2.24, 2.45) is 0 Å². The van der Waals surface area contributed by atoms with Crippen molar-refractivity contribution >= 4 is 11.3 Å². The highest BCUT2D eigenvalue weighted by Gasteiger charge is 2.21. The van der Waals surface area contributed by atoms with Crippen LogP contribution in [-0.4, -0.2) is 18.1 Å². The zero-order valence-corrected chi connectivity index (χ0v) is 8.16. The fourth-order valence-corrected chi connectivity index (χ4v) is 2.30. The van der Waals surface area contributed by atoms with Gasteiger partial charge in [-0.15, -0.1) is 11.3 Å². The van der Waals surface area contributed by atoms with Crippen LogP contribution in [0.4, 0.5) is 0 Å². The Kier molecular flexibility index (Phi) is 2.42. The minimum atomic E-state index is 0.709. The highest BCUT2D eigenvalue weighted by atomic mass is 32.1. The normalized spacial score (nSPS) is 17.8. The van der Waals surface area contributed by atoms with E-state index in [1.54, 1.807) is 0 Å². The lowest BCUT2D eigenvalue weighted by molar-refractivity contribution is 0.446. The summed E-state index contributed by atoms with van der Waals surface area (Å²) < 4.78 is 0. The summed E-state index contributed by atoms with van der Waals surface area (Å²) in [6.07, 6.45) is 2.34. The Morgan fingerprint density at radius 3 is 3.08 bits per heavy atom. The first-order valence-electron chi connectivity index (χ1n) is 4.55. The second-order valence-corrected chi connectivity index (χ2v) is 4.17. The van der Waals surface area contributed by atoms with Crippen LogP contribution in [0.2, 0.25) is 0 Å². The van der Waals surface area contributed by atoms with Gasteiger partial charge in [-0.3, -0.25) is 0 Å². The lowest BCUT2D eigenvalue weighted by Crippen LogP contribution is -2.39. The molecule has 0 saturated carbocycles. The van der Waals surface area contributed by atoms with E-state index in [0.29, 0.717) is 5.92 Å². The first-order valence-corrected chi connectivity index (χ1v) is 5.43. The second-order valence-electron chi connectivity index (χ2n) is 3.28. The van der Waals surface area contributed by atoms with Gasteiger partial charge in [0.2, 0.25) is 0 Å². The molecule has 1 fully saturated rings. The molecule has 2 heterocycles. The van der Waals surface area contributed by atoms with Gasteiger partial charge in [0.15, 0.2) is 0 Å². The Balaban J connectivity index is 2.02. The first kappa shape index (κ1) is 8.20. The molecule has 1 aliphatic rings. The minimum absolute atomic E-state index is 0.709. The molecule has 0 aliphatic carbocycles. The summed E-state index contributed by atoms with van der Waals surface area (Å²) in [5.41, 5.74) is 1.28. The van der Waals surface area contributed by atoms with Gasteiger partial charge in [0.05, 0.1) is 10.7 Å². The van der Waals surface area contributed by atoms with Crippen molar-refractivity contribution in [2.75, 3.05) is 13.1 Å². The van der Waals surface area contributed by atoms with Gasteiger partial charge in [-0.2, -0.15) is 0 Å². The third kappa shape index (κ3) is 1.52. The molecular weight excluding hydrogens is 168 g/mol. The summed E-state index contributed by atoms with van der Waals surface area (Å²) in [4.78, 5) is 4.60. The van der Waals surface area contributed by atoms with Crippen molar-refractivity contribution < 1.29 is 0 Å². The van der Waals surface area contributed by atoms with Crippen molar-refractivity contribution in [3.8, 4) is 0 Å². The number of thiazole rings is 1. The zero-order chi connectivity index (χ0) is 8.39. The molecule has 12 heavy (non-hydrogen) atoms. The predicted molar refractivity (Wildman–Crippen MR) is 51.7 cm³/mol. The monoisotopic (exact) mass is 182 g/mol. The molecule has 2 nitrogen and oxygen atoms in total. The van der Waals surface area contributed by atoms with E-state index in [4.69, 9.17) is 0 Å². The van der Waals surface area contributed by atoms with Crippen molar-refractivity contribution in [1.82, 2.24) is 10.3 Å². The van der Waals surface area contributed by atoms with E-state index in [0.717, 1.165) is 19.5 Å². The van der Waals surface area contributed by atoms with Crippen LogP contribution in [0.15, 0.2) is 5.38 Å². The van der Waals surface area contributed by atoms with Crippen LogP contribution < -0.4 is 5.32 Å². The van der Waals surface area contributed by atoms with E-state index in [9.17, 15) is 0 Å². The molecule has 2 rings (SSSR count). The smallest absolute Gasteiger partial charge is 0.0984 e. The maximum absolute atomic E-state index is 4.60. The van der Waals surface area contributed by atoms with E-state index in [-0.39, 0.29) is 0 Å². The number of nitrogens with one attached hydrogen (secondary N) is 1. The van der Waals surface area contributed by atoms with Crippen molar-refractivity contribution in [3.63, 3.8) is 0 Å². The Morgan fingerprint density at radius 1 is 1.67 bits per heavy atom. The molecule has 1 aromatic heterocycles. The van der Waals surface area contributed by atoms with Gasteiger partial charge in [0.1, 0.15) is 0 Å². The van der Waals surface area contributed by atoms with Crippen LogP contribution in [0.25, 0.3) is 0 Å². The number of aryl methyl sites for hydroxylation is 1. The standard InChI is InChI=1S/C9H14N2S/c1-2-3-8-6-12-9(11-8)7-4-10-5-7/h6-7,10H,2-5H2,1H3. The molecule has 0 radical (unpaired) electrons. The number of hydrogen-bond donors (Lipinski definition) is 1. The molecule has 0 amide bonds. The van der Waals surface area contributed by atoms with Crippen LogP contribution in [0.1, 0.15) is 30.0 Å². The highest BCUT2D eigenvalue weighted by Crippen LogP contribution is 2.23. The number of nitrogens with zero attached hydrogens (tertiary/aromatic N) is 1. The fourth-order valence-electron chi connectivity index (χ4n) is 1.34. The van der Waals surface area contributed by atoms with Gasteiger partial charge in [0.25, 0.3) is 0 Å². The molecule has 0 bridgehead atoms. The van der Waals surface area contributed by atoms with Gasteiger partial charge in [-0.05, 0) is 6.42 Å². The number of aromatic nitrogens is 1. The summed E-state index contributed by atoms with van der Waals surface area (Å²) in [7, 11) is 0. The first-order chi connectivity index (χ1) is 5.90. The van der Waals surface area contributed by atoms with Crippen LogP contribution in [0, 0.1) is 0 Å². The Hall–Kier alpha value is -0.410. The molecule has 1 saturated heterocycles. The molecule has 0 aromatic carbocycles. The maximum atomic E-state index is 4.60. The van der Waals surface area contributed by atoms with E-state index < -0.39 is 0 Å². The van der Waals surface area contributed by atoms with E-state index in [2.05, 4.69) is 22.6 Å². The lowest BCUT2D eigenvalue weighted by Gasteiger charge is -2.24. The number of hydrogen-bond acceptors (Lipinski definition) is 3. The topological polar surface area (TPSA) is 24.9 Å². The average molecular weight is 182 g/mol. The fraction of sp³-hybridized carbons (Fsp3) is 0.667. The van der Waals surface area contributed by atoms with Gasteiger partial charge in [-0.1, -0.05) is 13.3 Å². The highest BCUT2D eigenvalue weighted by molar-refractivity contribution is 7.09. The van der Waals surface area contributed by atoms with Crippen molar-refractivity contribution in [2.45, 2.75) is 25.7 Å². The predicted octanol–water partition coefficient (Wildman–Crippen LogP) is 1.78. The van der Waals surface area contributed by atoms with Gasteiger partial charge in [0, 0.05) is 24.4 Å². The molecule has 66 valence electrons. The van der Waals surface area contributed by atoms with Crippen LogP contribution in [0.3, 0.4) is 0 Å². The van der Waals surface area contributed by atoms with Crippen LogP contribution in [-0.2, 0) is 6.42 Å². The molecule has 0 spiro atoms. The van der Waals surface area contributed by atoms with Crippen molar-refractivity contribution in [3.05, 3.63) is 16.1 Å². The molecule has 0 atom stereocenters. The second kappa shape index (κ2) is 3.54. The average Bonchev–Trinajstić information content (AvgIpc) is 2.34. The Morgan fingerprint density at radius 2 is 2.50 bits per heavy atom. The zero-order valence-electron chi connectivity index (χ0n) is 7.34. The van der Waals surface area contributed by atoms with E-state index in [1.807, 2.05) is 11.3 Å². The van der Waals surface area contributed by atoms with Crippen molar-refractivity contribution in [1.29, 1.82) is 0 Å². The maximum Gasteiger partial charge on any atom is 0.0984 e. The minimum Gasteiger partial charge on any atom is -0.315 e. The van der Waals surface area contributed by atoms with Crippen LogP contribution in [0.5, 0.6) is 0 Å². The van der Waals surface area contributed by atoms with Gasteiger partial charge >= 0.3 is 0 Å². The summed E-state index contributed by atoms with van der Waals surface area (Å²) in [6, 6.07) is 0. The summed E-state index contributed by atoms with van der Waals surface area (Å²) in [5, 5.41) is 6.80. The SMILES string of the molecule is CCCc1csc(C2CNC2)n1. The quantitative estimate of drug-likeness (QED) is 0.770. The third-order valence-corrected chi connectivity index (χ3v) is 3.26. The molecule has 1 aromatic rings. The molecule has 1 aliphatic heterocycles. The lowest BCUT2D eigenvalue weighted by atomic mass is 10.1. The Labute approximate surface area is 77.0 Å². The molecule has 0 unspecified atom stereocenters. The van der Waals surface area contributed by atoms with Crippen LogP contribution >= 0.6 is 11.3 Å². The molecule has 1 N–H and O–H groups in total. The number of rotatable bonds is 3. The molecular formula is C9H14N2S. The summed E-state index contributed by atoms with van der Waals surface area (Å²) >= 11 is 1.82. The largest absolute Gasteiger partial charge is 0.315 e.